The lowest BCUT2D eigenvalue weighted by Gasteiger charge is -2.25. The largest absolute Gasteiger partial charge is 0.396 e. The number of rotatable bonds is 3. The molecule has 1 heterocycles. The van der Waals surface area contributed by atoms with Gasteiger partial charge in [-0.25, -0.2) is 0 Å². The van der Waals surface area contributed by atoms with Crippen LogP contribution in [-0.4, -0.2) is 24.9 Å². The highest BCUT2D eigenvalue weighted by atomic mass is 35.5. The lowest BCUT2D eigenvalue weighted by molar-refractivity contribution is 0.0935. The van der Waals surface area contributed by atoms with Gasteiger partial charge in [-0.15, -0.1) is 0 Å². The van der Waals surface area contributed by atoms with Crippen molar-refractivity contribution in [2.45, 2.75) is 12.8 Å². The van der Waals surface area contributed by atoms with Crippen LogP contribution in [0.1, 0.15) is 12.0 Å². The van der Waals surface area contributed by atoms with E-state index in [1.54, 1.807) is 0 Å². The molecule has 82 valence electrons. The summed E-state index contributed by atoms with van der Waals surface area (Å²) >= 11 is 6.10. The summed E-state index contributed by atoms with van der Waals surface area (Å²) in [6.45, 7) is 1.54. The Kier molecular flexibility index (Phi) is 3.29. The van der Waals surface area contributed by atoms with Crippen LogP contribution in [-0.2, 0) is 11.2 Å². The molecule has 1 N–H and O–H groups in total. The van der Waals surface area contributed by atoms with Crippen LogP contribution in [0.3, 0.4) is 0 Å². The van der Waals surface area contributed by atoms with Gasteiger partial charge < -0.3 is 9.84 Å². The van der Waals surface area contributed by atoms with Crippen molar-refractivity contribution in [3.05, 3.63) is 34.9 Å². The first-order valence-electron chi connectivity index (χ1n) is 5.18. The molecule has 1 unspecified atom stereocenters. The molecule has 15 heavy (non-hydrogen) atoms. The zero-order valence-electron chi connectivity index (χ0n) is 8.58. The van der Waals surface area contributed by atoms with E-state index < -0.39 is 0 Å². The van der Waals surface area contributed by atoms with Crippen molar-refractivity contribution in [2.75, 3.05) is 19.8 Å². The number of aliphatic hydroxyl groups excluding tert-OH is 1. The zero-order valence-corrected chi connectivity index (χ0v) is 9.33. The van der Waals surface area contributed by atoms with Gasteiger partial charge in [-0.3, -0.25) is 0 Å². The molecule has 0 amide bonds. The maximum atomic E-state index is 9.45. The van der Waals surface area contributed by atoms with Gasteiger partial charge in [-0.05, 0) is 24.5 Å². The van der Waals surface area contributed by atoms with E-state index in [0.717, 1.165) is 30.0 Å². The van der Waals surface area contributed by atoms with Gasteiger partial charge in [0.2, 0.25) is 0 Å². The van der Waals surface area contributed by atoms with Gasteiger partial charge in [0, 0.05) is 17.0 Å². The predicted octanol–water partition coefficient (Wildman–Crippen LogP) is 2.28. The summed E-state index contributed by atoms with van der Waals surface area (Å²) in [5, 5.41) is 10.2. The summed E-state index contributed by atoms with van der Waals surface area (Å²) < 4.78 is 5.36. The third-order valence-corrected chi connectivity index (χ3v) is 3.41. The lowest BCUT2D eigenvalue weighted by atomic mass is 9.82. The monoisotopic (exact) mass is 226 g/mol. The van der Waals surface area contributed by atoms with E-state index in [1.807, 2.05) is 24.3 Å². The normalized spacial score (nSPS) is 25.7. The second-order valence-electron chi connectivity index (χ2n) is 4.23. The van der Waals surface area contributed by atoms with Gasteiger partial charge in [-0.2, -0.15) is 0 Å². The molecule has 1 saturated heterocycles. The molecule has 3 heteroatoms. The minimum absolute atomic E-state index is 0.120. The van der Waals surface area contributed by atoms with Gasteiger partial charge in [0.25, 0.3) is 0 Å². The fourth-order valence-electron chi connectivity index (χ4n) is 2.02. The molecule has 0 spiro atoms. The summed E-state index contributed by atoms with van der Waals surface area (Å²) in [6.07, 6.45) is 1.71. The highest BCUT2D eigenvalue weighted by Crippen LogP contribution is 2.33. The molecule has 0 radical (unpaired) electrons. The first-order valence-corrected chi connectivity index (χ1v) is 5.56. The second-order valence-corrected chi connectivity index (χ2v) is 4.64. The minimum Gasteiger partial charge on any atom is -0.396 e. The highest BCUT2D eigenvalue weighted by molar-refractivity contribution is 6.31. The summed E-state index contributed by atoms with van der Waals surface area (Å²) in [5.74, 6) is 0. The van der Waals surface area contributed by atoms with E-state index in [2.05, 4.69) is 0 Å². The quantitative estimate of drug-likeness (QED) is 0.857. The number of benzene rings is 1. The molecule has 0 saturated carbocycles. The molecule has 2 rings (SSSR count). The molecule has 1 atom stereocenters. The third kappa shape index (κ3) is 2.33. The van der Waals surface area contributed by atoms with Gasteiger partial charge in [0.15, 0.2) is 0 Å². The zero-order chi connectivity index (χ0) is 10.7. The first kappa shape index (κ1) is 10.9. The van der Waals surface area contributed by atoms with Crippen LogP contribution in [0.2, 0.25) is 5.02 Å². The van der Waals surface area contributed by atoms with Crippen LogP contribution in [0, 0.1) is 5.41 Å². The highest BCUT2D eigenvalue weighted by Gasteiger charge is 2.34. The smallest absolute Gasteiger partial charge is 0.0548 e. The molecule has 1 fully saturated rings. The Bertz CT molecular complexity index is 332. The molecular weight excluding hydrogens is 212 g/mol. The van der Waals surface area contributed by atoms with Gasteiger partial charge >= 0.3 is 0 Å². The van der Waals surface area contributed by atoms with E-state index >= 15 is 0 Å². The number of aliphatic hydroxyl groups is 1. The summed E-state index contributed by atoms with van der Waals surface area (Å²) in [4.78, 5) is 0. The molecule has 0 bridgehead atoms. The van der Waals surface area contributed by atoms with Crippen molar-refractivity contribution in [1.29, 1.82) is 0 Å². The van der Waals surface area contributed by atoms with Crippen molar-refractivity contribution in [3.8, 4) is 0 Å². The molecule has 1 aliphatic rings. The standard InChI is InChI=1S/C12H15ClO2/c13-11-4-2-1-3-10(11)7-12(8-14)5-6-15-9-12/h1-4,14H,5-9H2. The van der Waals surface area contributed by atoms with Gasteiger partial charge in [0.1, 0.15) is 0 Å². The Morgan fingerprint density at radius 2 is 2.20 bits per heavy atom. The van der Waals surface area contributed by atoms with Crippen molar-refractivity contribution in [3.63, 3.8) is 0 Å². The van der Waals surface area contributed by atoms with E-state index in [0.29, 0.717) is 6.61 Å². The number of hydrogen-bond donors (Lipinski definition) is 1. The maximum absolute atomic E-state index is 9.45. The van der Waals surface area contributed by atoms with Crippen LogP contribution in [0.25, 0.3) is 0 Å². The van der Waals surface area contributed by atoms with Crippen molar-refractivity contribution < 1.29 is 9.84 Å². The molecular formula is C12H15ClO2. The third-order valence-electron chi connectivity index (χ3n) is 3.04. The average molecular weight is 227 g/mol. The lowest BCUT2D eigenvalue weighted by Crippen LogP contribution is -2.28. The van der Waals surface area contributed by atoms with Gasteiger partial charge in [0.05, 0.1) is 13.2 Å². The van der Waals surface area contributed by atoms with Crippen molar-refractivity contribution >= 4 is 11.6 Å². The van der Waals surface area contributed by atoms with E-state index in [1.165, 1.54) is 0 Å². The average Bonchev–Trinajstić information content (AvgIpc) is 2.71. The Morgan fingerprint density at radius 3 is 2.80 bits per heavy atom. The molecule has 1 aromatic carbocycles. The van der Waals surface area contributed by atoms with E-state index in [-0.39, 0.29) is 12.0 Å². The van der Waals surface area contributed by atoms with Crippen LogP contribution >= 0.6 is 11.6 Å². The Morgan fingerprint density at radius 1 is 1.40 bits per heavy atom. The molecule has 2 nitrogen and oxygen atoms in total. The molecule has 1 aliphatic heterocycles. The second kappa shape index (κ2) is 4.52. The maximum Gasteiger partial charge on any atom is 0.0548 e. The number of ether oxygens (including phenoxy) is 1. The predicted molar refractivity (Wildman–Crippen MR) is 60.1 cm³/mol. The summed E-state index contributed by atoms with van der Waals surface area (Å²) in [7, 11) is 0. The van der Waals surface area contributed by atoms with Crippen LogP contribution < -0.4 is 0 Å². The van der Waals surface area contributed by atoms with E-state index in [4.69, 9.17) is 16.3 Å². The van der Waals surface area contributed by atoms with Crippen molar-refractivity contribution in [2.24, 2.45) is 5.41 Å². The molecule has 0 aliphatic carbocycles. The van der Waals surface area contributed by atoms with Gasteiger partial charge in [-0.1, -0.05) is 29.8 Å². The fourth-order valence-corrected chi connectivity index (χ4v) is 2.22. The van der Waals surface area contributed by atoms with Crippen LogP contribution in [0.15, 0.2) is 24.3 Å². The Labute approximate surface area is 94.8 Å². The fraction of sp³-hybridized carbons (Fsp3) is 0.500. The first-order chi connectivity index (χ1) is 7.26. The summed E-state index contributed by atoms with van der Waals surface area (Å²) in [6, 6.07) is 7.79. The molecule has 0 aromatic heterocycles. The Balaban J connectivity index is 2.16. The number of hydrogen-bond acceptors (Lipinski definition) is 2. The van der Waals surface area contributed by atoms with E-state index in [9.17, 15) is 5.11 Å². The van der Waals surface area contributed by atoms with Crippen LogP contribution in [0.4, 0.5) is 0 Å². The SMILES string of the molecule is OCC1(Cc2ccccc2Cl)CCOC1. The molecule has 1 aromatic rings. The van der Waals surface area contributed by atoms with Crippen LogP contribution in [0.5, 0.6) is 0 Å². The Hall–Kier alpha value is -0.570. The number of halogens is 1. The minimum atomic E-state index is -0.120. The summed E-state index contributed by atoms with van der Waals surface area (Å²) in [5.41, 5.74) is 0.976. The van der Waals surface area contributed by atoms with Crippen molar-refractivity contribution in [1.82, 2.24) is 0 Å². The topological polar surface area (TPSA) is 29.5 Å².